The molecule has 4 heteroatoms. The van der Waals surface area contributed by atoms with Crippen molar-refractivity contribution in [2.24, 2.45) is 0 Å². The van der Waals surface area contributed by atoms with E-state index in [-0.39, 0.29) is 12.2 Å². The van der Waals surface area contributed by atoms with Crippen LogP contribution in [0.5, 0.6) is 5.75 Å². The van der Waals surface area contributed by atoms with Gasteiger partial charge in [-0.05, 0) is 35.4 Å². The molecule has 1 unspecified atom stereocenters. The number of para-hydroxylation sites is 1. The molecule has 1 atom stereocenters. The second-order valence-corrected chi connectivity index (χ2v) is 8.25. The van der Waals surface area contributed by atoms with Gasteiger partial charge in [-0.15, -0.1) is 0 Å². The summed E-state index contributed by atoms with van der Waals surface area (Å²) < 4.78 is 0.886. The fraction of sp³-hybridized carbons (Fsp3) is 0.120. The van der Waals surface area contributed by atoms with Crippen LogP contribution in [-0.2, 0) is 12.1 Å². The minimum atomic E-state index is -1.31. The average molecular weight is 448 g/mol. The molecular formula is C25H22BrNO2. The normalized spacial score (nSPS) is 18.0. The van der Waals surface area contributed by atoms with Gasteiger partial charge >= 0.3 is 0 Å². The molecule has 3 aromatic carbocycles. The highest BCUT2D eigenvalue weighted by Gasteiger charge is 2.45. The summed E-state index contributed by atoms with van der Waals surface area (Å²) in [5.74, 6) is 0.153. The summed E-state index contributed by atoms with van der Waals surface area (Å²) in [6, 6.07) is 23.1. The molecule has 0 bridgehead atoms. The lowest BCUT2D eigenvalue weighted by Gasteiger charge is -2.29. The molecule has 2 N–H and O–H groups in total. The zero-order valence-electron chi connectivity index (χ0n) is 16.0. The van der Waals surface area contributed by atoms with Crippen molar-refractivity contribution in [3.05, 3.63) is 113 Å². The van der Waals surface area contributed by atoms with E-state index >= 15 is 0 Å². The molecule has 0 fully saturated rings. The maximum Gasteiger partial charge on any atom is 0.135 e. The van der Waals surface area contributed by atoms with E-state index in [4.69, 9.17) is 0 Å². The molecule has 0 amide bonds. The Morgan fingerprint density at radius 1 is 1.00 bits per heavy atom. The molecule has 3 aromatic rings. The van der Waals surface area contributed by atoms with Gasteiger partial charge in [-0.25, -0.2) is 0 Å². The third-order valence-corrected chi connectivity index (χ3v) is 5.93. The van der Waals surface area contributed by atoms with Crippen LogP contribution in [0.1, 0.15) is 23.1 Å². The molecule has 0 aromatic heterocycles. The summed E-state index contributed by atoms with van der Waals surface area (Å²) >= 11 is 3.52. The number of hydrogen-bond acceptors (Lipinski definition) is 3. The summed E-state index contributed by atoms with van der Waals surface area (Å²) in [6.07, 6.45) is 0.234. The summed E-state index contributed by atoms with van der Waals surface area (Å²) in [7, 11) is 0. The monoisotopic (exact) mass is 447 g/mol. The van der Waals surface area contributed by atoms with E-state index in [1.807, 2.05) is 48.5 Å². The van der Waals surface area contributed by atoms with Crippen molar-refractivity contribution in [1.82, 2.24) is 0 Å². The Hall–Kier alpha value is -2.82. The highest BCUT2D eigenvalue weighted by molar-refractivity contribution is 9.10. The zero-order valence-corrected chi connectivity index (χ0v) is 17.6. The molecule has 1 aliphatic rings. The van der Waals surface area contributed by atoms with Gasteiger partial charge in [0, 0.05) is 39.9 Å². The van der Waals surface area contributed by atoms with E-state index in [2.05, 4.69) is 46.1 Å². The number of aliphatic hydroxyl groups is 1. The van der Waals surface area contributed by atoms with Gasteiger partial charge in [0.05, 0.1) is 0 Å². The second-order valence-electron chi connectivity index (χ2n) is 7.34. The number of phenolic OH excluding ortho intramolecular Hbond substituents is 1. The highest BCUT2D eigenvalue weighted by atomic mass is 79.9. The predicted molar refractivity (Wildman–Crippen MR) is 122 cm³/mol. The fourth-order valence-electron chi connectivity index (χ4n) is 3.92. The van der Waals surface area contributed by atoms with Gasteiger partial charge in [-0.2, -0.15) is 0 Å². The van der Waals surface area contributed by atoms with E-state index in [1.54, 1.807) is 12.1 Å². The van der Waals surface area contributed by atoms with Crippen molar-refractivity contribution in [3.63, 3.8) is 0 Å². The number of benzene rings is 3. The molecule has 146 valence electrons. The van der Waals surface area contributed by atoms with Crippen molar-refractivity contribution in [2.75, 3.05) is 4.90 Å². The van der Waals surface area contributed by atoms with E-state index in [1.165, 1.54) is 0 Å². The van der Waals surface area contributed by atoms with E-state index in [0.717, 1.165) is 21.3 Å². The van der Waals surface area contributed by atoms with Crippen LogP contribution in [0.2, 0.25) is 0 Å². The quantitative estimate of drug-likeness (QED) is 0.505. The Balaban J connectivity index is 1.73. The molecular weight excluding hydrogens is 426 g/mol. The van der Waals surface area contributed by atoms with Crippen LogP contribution < -0.4 is 4.90 Å². The molecule has 0 saturated carbocycles. The largest absolute Gasteiger partial charge is 0.507 e. The summed E-state index contributed by atoms with van der Waals surface area (Å²) in [4.78, 5) is 2.05. The van der Waals surface area contributed by atoms with Gasteiger partial charge in [-0.3, -0.25) is 0 Å². The third-order valence-electron chi connectivity index (χ3n) is 5.44. The molecule has 4 rings (SSSR count). The summed E-state index contributed by atoms with van der Waals surface area (Å²) in [6.45, 7) is 9.01. The van der Waals surface area contributed by atoms with Crippen molar-refractivity contribution >= 4 is 27.2 Å². The van der Waals surface area contributed by atoms with Gasteiger partial charge in [0.1, 0.15) is 11.4 Å². The lowest BCUT2D eigenvalue weighted by atomic mass is 9.85. The van der Waals surface area contributed by atoms with E-state index in [9.17, 15) is 10.2 Å². The summed E-state index contributed by atoms with van der Waals surface area (Å²) in [5.41, 5.74) is 3.41. The smallest absolute Gasteiger partial charge is 0.135 e. The number of aromatic hydroxyl groups is 1. The first-order valence-corrected chi connectivity index (χ1v) is 10.2. The standard InChI is InChI=1S/C25H22BrNO2/c1-17(21-10-6-7-11-24(21)28)15-25(29)18(2)27(16-19-8-4-3-5-9-19)23-13-12-20(26)14-22(23)25/h3-14,28-29H,1-2,15-16H2. The van der Waals surface area contributed by atoms with Gasteiger partial charge in [0.15, 0.2) is 0 Å². The molecule has 3 nitrogen and oxygen atoms in total. The lowest BCUT2D eigenvalue weighted by Crippen LogP contribution is -2.30. The van der Waals surface area contributed by atoms with Crippen LogP contribution in [0.4, 0.5) is 5.69 Å². The van der Waals surface area contributed by atoms with Crippen LogP contribution in [0.3, 0.4) is 0 Å². The zero-order chi connectivity index (χ0) is 20.6. The fourth-order valence-corrected chi connectivity index (χ4v) is 4.28. The minimum Gasteiger partial charge on any atom is -0.507 e. The van der Waals surface area contributed by atoms with Crippen LogP contribution in [-0.4, -0.2) is 10.2 Å². The molecule has 0 radical (unpaired) electrons. The molecule has 1 aliphatic heterocycles. The van der Waals surface area contributed by atoms with Gasteiger partial charge < -0.3 is 15.1 Å². The van der Waals surface area contributed by atoms with Crippen molar-refractivity contribution in [1.29, 1.82) is 0 Å². The Morgan fingerprint density at radius 3 is 2.41 bits per heavy atom. The number of halogens is 1. The van der Waals surface area contributed by atoms with Gasteiger partial charge in [0.25, 0.3) is 0 Å². The van der Waals surface area contributed by atoms with Crippen molar-refractivity contribution in [2.45, 2.75) is 18.6 Å². The maximum atomic E-state index is 11.8. The number of anilines is 1. The molecule has 0 aliphatic carbocycles. The topological polar surface area (TPSA) is 43.7 Å². The Labute approximate surface area is 179 Å². The molecule has 0 spiro atoms. The van der Waals surface area contributed by atoms with Crippen LogP contribution in [0, 0.1) is 0 Å². The molecule has 29 heavy (non-hydrogen) atoms. The van der Waals surface area contributed by atoms with Gasteiger partial charge in [0.2, 0.25) is 0 Å². The van der Waals surface area contributed by atoms with Crippen LogP contribution in [0.15, 0.2) is 96.1 Å². The van der Waals surface area contributed by atoms with Gasteiger partial charge in [-0.1, -0.05) is 77.6 Å². The second kappa shape index (κ2) is 7.54. The summed E-state index contributed by atoms with van der Waals surface area (Å²) in [5, 5.41) is 22.0. The first kappa shape index (κ1) is 19.5. The highest BCUT2D eigenvalue weighted by Crippen LogP contribution is 2.51. The number of nitrogens with zero attached hydrogens (tertiary/aromatic N) is 1. The lowest BCUT2D eigenvalue weighted by molar-refractivity contribution is 0.0874. The first-order valence-electron chi connectivity index (χ1n) is 9.39. The van der Waals surface area contributed by atoms with Crippen molar-refractivity contribution in [3.8, 4) is 5.75 Å². The Kier molecular flexibility index (Phi) is 5.07. The van der Waals surface area contributed by atoms with Crippen LogP contribution >= 0.6 is 15.9 Å². The molecule has 1 heterocycles. The Bertz CT molecular complexity index is 1090. The Morgan fingerprint density at radius 2 is 1.69 bits per heavy atom. The minimum absolute atomic E-state index is 0.153. The number of phenols is 1. The first-order chi connectivity index (χ1) is 13.9. The third kappa shape index (κ3) is 3.50. The number of hydrogen-bond donors (Lipinski definition) is 2. The van der Waals surface area contributed by atoms with Crippen molar-refractivity contribution < 1.29 is 10.2 Å². The maximum absolute atomic E-state index is 11.8. The predicted octanol–water partition coefficient (Wildman–Crippen LogP) is 5.98. The van der Waals surface area contributed by atoms with Crippen LogP contribution in [0.25, 0.3) is 5.57 Å². The molecule has 0 saturated heterocycles. The SMILES string of the molecule is C=C(CC1(O)C(=C)N(Cc2ccccc2)c2ccc(Br)cc21)c1ccccc1O. The number of rotatable bonds is 5. The van der Waals surface area contributed by atoms with E-state index in [0.29, 0.717) is 23.4 Å². The number of fused-ring (bicyclic) bond motifs is 1. The van der Waals surface area contributed by atoms with E-state index < -0.39 is 5.60 Å². The average Bonchev–Trinajstić information content (AvgIpc) is 2.90.